The first-order valence-electron chi connectivity index (χ1n) is 5.89. The molecule has 4 nitrogen and oxygen atoms in total. The molecule has 0 bridgehead atoms. The maximum absolute atomic E-state index is 11.9. The van der Waals surface area contributed by atoms with Gasteiger partial charge in [0.15, 0.2) is 0 Å². The van der Waals surface area contributed by atoms with Gasteiger partial charge in [-0.1, -0.05) is 13.8 Å². The van der Waals surface area contributed by atoms with Gasteiger partial charge in [0.2, 0.25) is 5.91 Å². The number of hydrogen-bond acceptors (Lipinski definition) is 4. The monoisotopic (exact) mass is 257 g/mol. The van der Waals surface area contributed by atoms with Gasteiger partial charge in [-0.05, 0) is 19.3 Å². The summed E-state index contributed by atoms with van der Waals surface area (Å²) in [5.41, 5.74) is 0.721. The number of methoxy groups -OCH3 is 1. The standard InChI is InChI=1S/C12H19NO3S/c1-4-8(5-2)11(14)13-9-6-7-17-10(9)12(15)16-3/h8H,4-7H2,1-3H3,(H,13,14). The van der Waals surface area contributed by atoms with E-state index in [2.05, 4.69) is 5.32 Å². The van der Waals surface area contributed by atoms with Gasteiger partial charge in [0.1, 0.15) is 4.91 Å². The number of carbonyl (C=O) groups is 2. The molecule has 0 fully saturated rings. The van der Waals surface area contributed by atoms with Gasteiger partial charge < -0.3 is 10.1 Å². The Bertz CT molecular complexity index is 335. The van der Waals surface area contributed by atoms with Crippen LogP contribution in [0.3, 0.4) is 0 Å². The molecule has 0 aromatic carbocycles. The molecule has 0 radical (unpaired) electrons. The minimum Gasteiger partial charge on any atom is -0.465 e. The molecule has 1 rings (SSSR count). The van der Waals surface area contributed by atoms with Crippen molar-refractivity contribution in [1.29, 1.82) is 0 Å². The second kappa shape index (κ2) is 6.69. The SMILES string of the molecule is CCC(CC)C(=O)NC1=C(C(=O)OC)SCC1. The van der Waals surface area contributed by atoms with Crippen molar-refractivity contribution in [2.75, 3.05) is 12.9 Å². The first-order valence-corrected chi connectivity index (χ1v) is 6.87. The normalized spacial score (nSPS) is 15.3. The third-order valence-electron chi connectivity index (χ3n) is 2.87. The van der Waals surface area contributed by atoms with Crippen LogP contribution in [0.4, 0.5) is 0 Å². The summed E-state index contributed by atoms with van der Waals surface area (Å²) in [6, 6.07) is 0. The summed E-state index contributed by atoms with van der Waals surface area (Å²) in [5, 5.41) is 2.87. The molecule has 1 aliphatic rings. The number of nitrogens with one attached hydrogen (secondary N) is 1. The molecular weight excluding hydrogens is 238 g/mol. The Balaban J connectivity index is 2.72. The highest BCUT2D eigenvalue weighted by Gasteiger charge is 2.25. The van der Waals surface area contributed by atoms with Crippen LogP contribution < -0.4 is 5.32 Å². The van der Waals surface area contributed by atoms with E-state index in [1.807, 2.05) is 13.8 Å². The maximum Gasteiger partial charge on any atom is 0.346 e. The predicted octanol–water partition coefficient (Wildman–Crippen LogP) is 2.06. The molecule has 0 atom stereocenters. The topological polar surface area (TPSA) is 55.4 Å². The van der Waals surface area contributed by atoms with Crippen molar-refractivity contribution in [2.45, 2.75) is 33.1 Å². The zero-order valence-electron chi connectivity index (χ0n) is 10.5. The number of thioether (sulfide) groups is 1. The Labute approximate surface area is 106 Å². The van der Waals surface area contributed by atoms with Crippen molar-refractivity contribution in [3.8, 4) is 0 Å². The number of allylic oxidation sites excluding steroid dienone is 1. The van der Waals surface area contributed by atoms with Gasteiger partial charge in [-0.2, -0.15) is 0 Å². The highest BCUT2D eigenvalue weighted by molar-refractivity contribution is 8.04. The van der Waals surface area contributed by atoms with E-state index in [1.54, 1.807) is 0 Å². The van der Waals surface area contributed by atoms with E-state index < -0.39 is 0 Å². The van der Waals surface area contributed by atoms with E-state index in [0.29, 0.717) is 4.91 Å². The van der Waals surface area contributed by atoms with Gasteiger partial charge in [0.05, 0.1) is 7.11 Å². The van der Waals surface area contributed by atoms with Gasteiger partial charge in [-0.25, -0.2) is 4.79 Å². The zero-order chi connectivity index (χ0) is 12.8. The number of carbonyl (C=O) groups excluding carboxylic acids is 2. The van der Waals surface area contributed by atoms with E-state index >= 15 is 0 Å². The Kier molecular flexibility index (Phi) is 5.55. The summed E-state index contributed by atoms with van der Waals surface area (Å²) in [5.74, 6) is 0.497. The second-order valence-electron chi connectivity index (χ2n) is 3.90. The lowest BCUT2D eigenvalue weighted by Gasteiger charge is -2.14. The molecule has 0 aromatic rings. The smallest absolute Gasteiger partial charge is 0.346 e. The molecule has 0 saturated carbocycles. The molecule has 0 unspecified atom stereocenters. The maximum atomic E-state index is 11.9. The van der Waals surface area contributed by atoms with E-state index in [-0.39, 0.29) is 17.8 Å². The van der Waals surface area contributed by atoms with Crippen molar-refractivity contribution >= 4 is 23.6 Å². The van der Waals surface area contributed by atoms with Crippen molar-refractivity contribution in [3.05, 3.63) is 10.6 Å². The van der Waals surface area contributed by atoms with Crippen molar-refractivity contribution in [1.82, 2.24) is 5.32 Å². The molecule has 1 amide bonds. The highest BCUT2D eigenvalue weighted by Crippen LogP contribution is 2.30. The number of amides is 1. The summed E-state index contributed by atoms with van der Waals surface area (Å²) in [4.78, 5) is 23.9. The van der Waals surface area contributed by atoms with Crippen LogP contribution in [0.2, 0.25) is 0 Å². The van der Waals surface area contributed by atoms with E-state index in [0.717, 1.165) is 30.7 Å². The molecular formula is C12H19NO3S. The molecule has 0 spiro atoms. The first kappa shape index (κ1) is 14.1. The van der Waals surface area contributed by atoms with Crippen LogP contribution in [0.25, 0.3) is 0 Å². The molecule has 1 heterocycles. The van der Waals surface area contributed by atoms with Gasteiger partial charge in [-0.15, -0.1) is 11.8 Å². The Hall–Kier alpha value is -0.970. The minimum atomic E-state index is -0.354. The summed E-state index contributed by atoms with van der Waals surface area (Å²) in [6.45, 7) is 3.99. The highest BCUT2D eigenvalue weighted by atomic mass is 32.2. The summed E-state index contributed by atoms with van der Waals surface area (Å²) in [6.07, 6.45) is 2.35. The quantitative estimate of drug-likeness (QED) is 0.766. The Morgan fingerprint density at radius 1 is 1.41 bits per heavy atom. The third kappa shape index (κ3) is 3.49. The van der Waals surface area contributed by atoms with Crippen molar-refractivity contribution in [2.24, 2.45) is 5.92 Å². The molecule has 5 heteroatoms. The van der Waals surface area contributed by atoms with Crippen molar-refractivity contribution in [3.63, 3.8) is 0 Å². The summed E-state index contributed by atoms with van der Waals surface area (Å²) < 4.78 is 4.69. The average molecular weight is 257 g/mol. The van der Waals surface area contributed by atoms with Crippen LogP contribution in [0.15, 0.2) is 10.6 Å². The number of ether oxygens (including phenoxy) is 1. The van der Waals surface area contributed by atoms with Gasteiger partial charge in [0.25, 0.3) is 0 Å². The van der Waals surface area contributed by atoms with E-state index in [9.17, 15) is 9.59 Å². The van der Waals surface area contributed by atoms with Gasteiger partial charge >= 0.3 is 5.97 Å². The van der Waals surface area contributed by atoms with Gasteiger partial charge in [-0.3, -0.25) is 4.79 Å². The molecule has 0 saturated heterocycles. The lowest BCUT2D eigenvalue weighted by atomic mass is 10.0. The molecule has 96 valence electrons. The van der Waals surface area contributed by atoms with E-state index in [1.165, 1.54) is 18.9 Å². The second-order valence-corrected chi connectivity index (χ2v) is 5.01. The van der Waals surface area contributed by atoms with Crippen molar-refractivity contribution < 1.29 is 14.3 Å². The fourth-order valence-electron chi connectivity index (χ4n) is 1.76. The van der Waals surface area contributed by atoms with Crippen LogP contribution in [-0.2, 0) is 14.3 Å². The molecule has 0 aliphatic carbocycles. The third-order valence-corrected chi connectivity index (χ3v) is 3.98. The lowest BCUT2D eigenvalue weighted by Crippen LogP contribution is -2.30. The number of hydrogen-bond donors (Lipinski definition) is 1. The average Bonchev–Trinajstić information content (AvgIpc) is 2.77. The fraction of sp³-hybridized carbons (Fsp3) is 0.667. The van der Waals surface area contributed by atoms with Crippen LogP contribution in [0, 0.1) is 5.92 Å². The largest absolute Gasteiger partial charge is 0.465 e. The number of rotatable bonds is 5. The predicted molar refractivity (Wildman–Crippen MR) is 68.3 cm³/mol. The fourth-order valence-corrected chi connectivity index (χ4v) is 2.80. The summed E-state index contributed by atoms with van der Waals surface area (Å²) in [7, 11) is 1.36. The van der Waals surface area contributed by atoms with Crippen LogP contribution in [-0.4, -0.2) is 24.7 Å². The molecule has 0 aromatic heterocycles. The van der Waals surface area contributed by atoms with Crippen LogP contribution in [0.1, 0.15) is 33.1 Å². The first-order chi connectivity index (χ1) is 8.13. The van der Waals surface area contributed by atoms with Gasteiger partial charge in [0, 0.05) is 17.4 Å². The van der Waals surface area contributed by atoms with Crippen LogP contribution in [0.5, 0.6) is 0 Å². The Morgan fingerprint density at radius 3 is 2.59 bits per heavy atom. The lowest BCUT2D eigenvalue weighted by molar-refractivity contribution is -0.135. The number of esters is 1. The zero-order valence-corrected chi connectivity index (χ0v) is 11.4. The molecule has 1 N–H and O–H groups in total. The van der Waals surface area contributed by atoms with E-state index in [4.69, 9.17) is 4.74 Å². The summed E-state index contributed by atoms with van der Waals surface area (Å²) >= 11 is 1.44. The minimum absolute atomic E-state index is 0.00824. The molecule has 17 heavy (non-hydrogen) atoms. The Morgan fingerprint density at radius 2 is 2.06 bits per heavy atom. The van der Waals surface area contributed by atoms with Crippen LogP contribution >= 0.6 is 11.8 Å². The molecule has 1 aliphatic heterocycles.